The van der Waals surface area contributed by atoms with Crippen LogP contribution in [-0.2, 0) is 23.8 Å². The molecule has 0 radical (unpaired) electrons. The molecule has 11 atom stereocenters. The highest BCUT2D eigenvalue weighted by Crippen LogP contribution is 2.81. The lowest BCUT2D eigenvalue weighted by Crippen LogP contribution is -2.50. The molecule has 8 fully saturated rings. The molecule has 7 nitrogen and oxygen atoms in total. The van der Waals surface area contributed by atoms with Gasteiger partial charge < -0.3 is 24.8 Å². The minimum absolute atomic E-state index is 0.0888. The van der Waals surface area contributed by atoms with Crippen LogP contribution in [-0.4, -0.2) is 61.0 Å². The van der Waals surface area contributed by atoms with Gasteiger partial charge in [-0.2, -0.15) is 0 Å². The molecule has 6 saturated carbocycles. The molecule has 2 heterocycles. The molecule has 2 saturated heterocycles. The average molecular weight is 653 g/mol. The van der Waals surface area contributed by atoms with Gasteiger partial charge in [0.15, 0.2) is 6.29 Å². The molecule has 2 aliphatic heterocycles. The first-order valence-corrected chi connectivity index (χ1v) is 20.0. The van der Waals surface area contributed by atoms with Crippen LogP contribution in [0.1, 0.15) is 143 Å². The predicted molar refractivity (Wildman–Crippen MR) is 181 cm³/mol. The summed E-state index contributed by atoms with van der Waals surface area (Å²) in [7, 11) is 0. The lowest BCUT2D eigenvalue weighted by atomic mass is 9.63. The van der Waals surface area contributed by atoms with Crippen molar-refractivity contribution in [3.63, 3.8) is 0 Å². The van der Waals surface area contributed by atoms with E-state index in [0.717, 1.165) is 31.1 Å². The van der Waals surface area contributed by atoms with Crippen molar-refractivity contribution < 1.29 is 23.8 Å². The molecule has 2 N–H and O–H groups in total. The van der Waals surface area contributed by atoms with Crippen molar-refractivity contribution in [3.8, 4) is 0 Å². The Labute approximate surface area is 284 Å². The summed E-state index contributed by atoms with van der Waals surface area (Å²) in [5.41, 5.74) is 6.96. The third-order valence-corrected chi connectivity index (χ3v) is 16.1. The summed E-state index contributed by atoms with van der Waals surface area (Å²) < 4.78 is 19.9. The number of amides is 2. The second kappa shape index (κ2) is 12.2. The first kappa shape index (κ1) is 33.0. The fraction of sp³-hybridized carbons (Fsp3) is 0.950. The van der Waals surface area contributed by atoms with Crippen molar-refractivity contribution in [2.24, 2.45) is 57.0 Å². The maximum atomic E-state index is 12.9. The first-order chi connectivity index (χ1) is 22.5. The number of rotatable bonds is 7. The van der Waals surface area contributed by atoms with E-state index >= 15 is 0 Å². The van der Waals surface area contributed by atoms with Gasteiger partial charge in [-0.3, -0.25) is 9.59 Å². The quantitative estimate of drug-likeness (QED) is 0.310. The van der Waals surface area contributed by atoms with E-state index in [1.165, 1.54) is 89.9 Å². The minimum Gasteiger partial charge on any atom is -0.375 e. The molecular weight excluding hydrogens is 588 g/mol. The van der Waals surface area contributed by atoms with Gasteiger partial charge in [0.25, 0.3) is 0 Å². The van der Waals surface area contributed by atoms with E-state index in [1.807, 2.05) is 4.90 Å². The number of carbonyl (C=O) groups is 2. The lowest BCUT2D eigenvalue weighted by molar-refractivity contribution is -0.227. The Bertz CT molecular complexity index is 1200. The molecule has 0 aromatic rings. The molecule has 47 heavy (non-hydrogen) atoms. The average Bonchev–Trinajstić information content (AvgIpc) is 3.93. The third kappa shape index (κ3) is 5.92. The van der Waals surface area contributed by atoms with Gasteiger partial charge in [-0.25, -0.2) is 0 Å². The maximum Gasteiger partial charge on any atom is 0.223 e. The van der Waals surface area contributed by atoms with E-state index in [2.05, 4.69) is 20.8 Å². The molecule has 8 aliphatic rings. The maximum absolute atomic E-state index is 12.9. The second-order valence-corrected chi connectivity index (χ2v) is 19.0. The summed E-state index contributed by atoms with van der Waals surface area (Å²) in [6, 6.07) is 0. The Morgan fingerprint density at radius 2 is 1.81 bits per heavy atom. The van der Waals surface area contributed by atoms with E-state index in [1.54, 1.807) is 0 Å². The summed E-state index contributed by atoms with van der Waals surface area (Å²) in [5, 5.41) is 0. The zero-order valence-electron chi connectivity index (χ0n) is 29.8. The van der Waals surface area contributed by atoms with Gasteiger partial charge >= 0.3 is 0 Å². The fourth-order valence-corrected chi connectivity index (χ4v) is 13.4. The second-order valence-electron chi connectivity index (χ2n) is 19.0. The summed E-state index contributed by atoms with van der Waals surface area (Å²) in [4.78, 5) is 26.4. The molecule has 11 unspecified atom stereocenters. The largest absolute Gasteiger partial charge is 0.375 e. The fourth-order valence-electron chi connectivity index (χ4n) is 13.4. The number of fused-ring (bicyclic) bond motifs is 4. The zero-order valence-corrected chi connectivity index (χ0v) is 29.8. The van der Waals surface area contributed by atoms with Crippen molar-refractivity contribution in [1.29, 1.82) is 0 Å². The zero-order chi connectivity index (χ0) is 32.6. The highest BCUT2D eigenvalue weighted by molar-refractivity contribution is 5.76. The van der Waals surface area contributed by atoms with Crippen LogP contribution in [0, 0.1) is 51.2 Å². The first-order valence-electron chi connectivity index (χ1n) is 20.0. The van der Waals surface area contributed by atoms with Crippen LogP contribution >= 0.6 is 0 Å². The number of ether oxygens (including phenoxy) is 3. The van der Waals surface area contributed by atoms with E-state index in [9.17, 15) is 9.59 Å². The Morgan fingerprint density at radius 3 is 2.62 bits per heavy atom. The van der Waals surface area contributed by atoms with Gasteiger partial charge in [0.1, 0.15) is 0 Å². The number of primary amides is 1. The van der Waals surface area contributed by atoms with Gasteiger partial charge in [-0.15, -0.1) is 0 Å². The Hall–Kier alpha value is -1.18. The van der Waals surface area contributed by atoms with Crippen molar-refractivity contribution in [3.05, 3.63) is 0 Å². The Kier molecular flexibility index (Phi) is 8.60. The smallest absolute Gasteiger partial charge is 0.223 e. The molecule has 6 aliphatic carbocycles. The van der Waals surface area contributed by atoms with E-state index in [4.69, 9.17) is 19.9 Å². The molecule has 264 valence electrons. The molecule has 0 aromatic heterocycles. The van der Waals surface area contributed by atoms with Gasteiger partial charge in [0.05, 0.1) is 31.5 Å². The van der Waals surface area contributed by atoms with E-state index in [0.29, 0.717) is 78.5 Å². The number of hydrogen-bond acceptors (Lipinski definition) is 5. The standard InChI is InChI=1S/C40H64N2O5/c1-37(2)32-13-9-27-20-28-22-31-30(12-10-29(46-31)11-14-34(41)43)38(28,3)15-5-16-39(23-27)25-40(32,39)17-4-6-33(37)47-36-24-42(18-19-45-36)35(44)21-26-7-8-26/h26-33,36H,4-25H2,1-3H3,(H2,41,43). The molecule has 8 rings (SSSR count). The van der Waals surface area contributed by atoms with Crippen molar-refractivity contribution in [1.82, 2.24) is 4.90 Å². The monoisotopic (exact) mass is 652 g/mol. The van der Waals surface area contributed by atoms with Crippen LogP contribution in [0.2, 0.25) is 0 Å². The predicted octanol–water partition coefficient (Wildman–Crippen LogP) is 7.39. The Morgan fingerprint density at radius 1 is 0.957 bits per heavy atom. The molecule has 0 aromatic carbocycles. The van der Waals surface area contributed by atoms with Gasteiger partial charge in [0.2, 0.25) is 11.8 Å². The molecule has 7 heteroatoms. The van der Waals surface area contributed by atoms with Crippen LogP contribution < -0.4 is 5.73 Å². The van der Waals surface area contributed by atoms with Crippen LogP contribution in [0.3, 0.4) is 0 Å². The van der Waals surface area contributed by atoms with Crippen molar-refractivity contribution >= 4 is 11.8 Å². The summed E-state index contributed by atoms with van der Waals surface area (Å²) in [6.07, 6.45) is 23.2. The molecular formula is C40H64N2O5. The van der Waals surface area contributed by atoms with Crippen LogP contribution in [0.15, 0.2) is 0 Å². The van der Waals surface area contributed by atoms with Crippen LogP contribution in [0.25, 0.3) is 0 Å². The minimum atomic E-state index is -0.292. The molecule has 2 spiro atoms. The third-order valence-electron chi connectivity index (χ3n) is 16.1. The summed E-state index contributed by atoms with van der Waals surface area (Å²) in [6.45, 7) is 9.61. The lowest BCUT2D eigenvalue weighted by Gasteiger charge is -2.46. The number of carbonyl (C=O) groups excluding carboxylic acids is 2. The van der Waals surface area contributed by atoms with E-state index < -0.39 is 0 Å². The summed E-state index contributed by atoms with van der Waals surface area (Å²) in [5.74, 6) is 3.65. The molecule has 2 amide bonds. The van der Waals surface area contributed by atoms with Gasteiger partial charge in [-0.05, 0) is 141 Å². The van der Waals surface area contributed by atoms with Crippen LogP contribution in [0.4, 0.5) is 0 Å². The van der Waals surface area contributed by atoms with Crippen molar-refractivity contribution in [2.75, 3.05) is 19.7 Å². The van der Waals surface area contributed by atoms with Crippen molar-refractivity contribution in [2.45, 2.75) is 167 Å². The number of nitrogens with zero attached hydrogens (tertiary/aromatic N) is 1. The highest BCUT2D eigenvalue weighted by atomic mass is 16.7. The normalized spacial score (nSPS) is 47.4. The van der Waals surface area contributed by atoms with Gasteiger partial charge in [0, 0.05) is 19.4 Å². The number of hydrogen-bond donors (Lipinski definition) is 1. The van der Waals surface area contributed by atoms with Crippen LogP contribution in [0.5, 0.6) is 0 Å². The number of nitrogens with two attached hydrogens (primary N) is 1. The molecule has 2 bridgehead atoms. The van der Waals surface area contributed by atoms with E-state index in [-0.39, 0.29) is 29.8 Å². The SMILES string of the molecule is CC1(C)C(OC2CN(C(=O)CC3CC3)CCO2)CCCC23CC24CCCC2(C)C(CC(CCC13)C4)CC1OC(CCC(N)=O)CCC12. The topological polar surface area (TPSA) is 91.1 Å². The highest BCUT2D eigenvalue weighted by Gasteiger charge is 2.73. The summed E-state index contributed by atoms with van der Waals surface area (Å²) >= 11 is 0. The Balaban J connectivity index is 0.961. The number of morpholine rings is 1. The van der Waals surface area contributed by atoms with Gasteiger partial charge in [-0.1, -0.05) is 40.0 Å².